The molecule has 1 aromatic heterocycles. The third-order valence-electron chi connectivity index (χ3n) is 4.94. The van der Waals surface area contributed by atoms with E-state index in [0.29, 0.717) is 0 Å². The van der Waals surface area contributed by atoms with Crippen molar-refractivity contribution in [1.82, 2.24) is 4.98 Å². The average molecular weight is 551 g/mol. The van der Waals surface area contributed by atoms with Crippen molar-refractivity contribution < 1.29 is 8.78 Å². The Morgan fingerprint density at radius 1 is 0.562 bits per heavy atom. The molecule has 0 aliphatic carbocycles. The average Bonchev–Trinajstić information content (AvgIpc) is 2.82. The van der Waals surface area contributed by atoms with E-state index in [9.17, 15) is 8.78 Å². The van der Waals surface area contributed by atoms with Crippen LogP contribution in [0.1, 0.15) is 0 Å². The molecule has 0 saturated heterocycles. The van der Waals surface area contributed by atoms with Gasteiger partial charge in [0.05, 0.1) is 0 Å². The molecule has 1 heterocycles. The summed E-state index contributed by atoms with van der Waals surface area (Å²) in [6.07, 6.45) is 0. The van der Waals surface area contributed by atoms with Gasteiger partial charge in [0.25, 0.3) is 0 Å². The quantitative estimate of drug-likeness (QED) is 0.305. The van der Waals surface area contributed by atoms with Crippen LogP contribution in [0, 0.1) is 11.6 Å². The molecule has 0 bridgehead atoms. The van der Waals surface area contributed by atoms with Crippen molar-refractivity contribution in [2.75, 3.05) is 0 Å². The Bertz CT molecular complexity index is 1370. The molecule has 0 saturated carbocycles. The Hall–Kier alpha value is -2.81. The van der Waals surface area contributed by atoms with Crippen LogP contribution in [0.5, 0.6) is 0 Å². The summed E-state index contributed by atoms with van der Waals surface area (Å²) in [4.78, 5) is 5.07. The Morgan fingerprint density at radius 2 is 1.12 bits per heavy atom. The van der Waals surface area contributed by atoms with Gasteiger partial charge in [0.1, 0.15) is 0 Å². The van der Waals surface area contributed by atoms with Gasteiger partial charge in [-0.2, -0.15) is 0 Å². The molecular weight excluding hydrogens is 534 g/mol. The van der Waals surface area contributed by atoms with Crippen LogP contribution in [0.25, 0.3) is 22.0 Å². The van der Waals surface area contributed by atoms with Gasteiger partial charge in [0.2, 0.25) is 0 Å². The van der Waals surface area contributed by atoms with Crippen molar-refractivity contribution in [2.45, 2.75) is 0 Å². The zero-order chi connectivity index (χ0) is 21.9. The first-order chi connectivity index (χ1) is 15.7. The summed E-state index contributed by atoms with van der Waals surface area (Å²) >= 11 is -0.147. The first-order valence-corrected chi connectivity index (χ1v) is 13.4. The van der Waals surface area contributed by atoms with Crippen LogP contribution in [-0.2, 0) is 0 Å². The number of para-hydroxylation sites is 1. The number of rotatable bonds is 5. The molecule has 156 valence electrons. The van der Waals surface area contributed by atoms with Crippen LogP contribution in [0.15, 0.2) is 103 Å². The van der Waals surface area contributed by atoms with Crippen molar-refractivity contribution in [2.24, 2.45) is 0 Å². The van der Waals surface area contributed by atoms with Crippen LogP contribution >= 0.6 is 0 Å². The van der Waals surface area contributed by atoms with Gasteiger partial charge < -0.3 is 0 Å². The Morgan fingerprint density at radius 3 is 1.78 bits per heavy atom. The van der Waals surface area contributed by atoms with Gasteiger partial charge >= 0.3 is 198 Å². The van der Waals surface area contributed by atoms with E-state index in [4.69, 9.17) is 4.98 Å². The fourth-order valence-corrected chi connectivity index (χ4v) is 8.10. The number of nitrogens with zero attached hydrogens (tertiary/aromatic N) is 1. The number of aromatic nitrogens is 1. The number of pyridine rings is 1. The van der Waals surface area contributed by atoms with Gasteiger partial charge in [-0.05, 0) is 0 Å². The van der Waals surface area contributed by atoms with Gasteiger partial charge in [-0.15, -0.1) is 0 Å². The Kier molecular flexibility index (Phi) is 6.16. The fraction of sp³-hybridized carbons (Fsp3) is 0. The van der Waals surface area contributed by atoms with Crippen LogP contribution in [-0.4, -0.2) is 34.9 Å². The Balaban J connectivity index is 1.74. The van der Waals surface area contributed by atoms with E-state index in [2.05, 4.69) is 18.2 Å². The third kappa shape index (κ3) is 4.53. The van der Waals surface area contributed by atoms with Gasteiger partial charge in [0.15, 0.2) is 0 Å². The summed E-state index contributed by atoms with van der Waals surface area (Å²) in [5.41, 5.74) is 3.20. The molecule has 0 fully saturated rings. The molecule has 0 spiro atoms. The molecule has 0 radical (unpaired) electrons. The van der Waals surface area contributed by atoms with Gasteiger partial charge in [-0.25, -0.2) is 0 Å². The second kappa shape index (κ2) is 9.36. The molecule has 1 nitrogen and oxygen atoms in total. The van der Waals surface area contributed by atoms with Crippen molar-refractivity contribution in [3.8, 4) is 11.1 Å². The summed E-state index contributed by atoms with van der Waals surface area (Å²) < 4.78 is 31.4. The van der Waals surface area contributed by atoms with Crippen molar-refractivity contribution >= 4 is 58.8 Å². The van der Waals surface area contributed by atoms with E-state index in [1.165, 1.54) is 28.7 Å². The standard InChI is InChI=1S/C27H17F2NSe2/c28-19-10-14-21(15-11-19)31-26-23-8-4-5-9-24(23)30-27(25(26)18-6-2-1-3-7-18)32-22-16-12-20(29)13-17-22/h1-17H. The fourth-order valence-electron chi connectivity index (χ4n) is 3.43. The van der Waals surface area contributed by atoms with Crippen LogP contribution in [0.2, 0.25) is 0 Å². The van der Waals surface area contributed by atoms with Gasteiger partial charge in [-0.3, -0.25) is 0 Å². The van der Waals surface area contributed by atoms with Crippen molar-refractivity contribution in [1.29, 1.82) is 0 Å². The summed E-state index contributed by atoms with van der Waals surface area (Å²) in [7, 11) is 0. The van der Waals surface area contributed by atoms with Gasteiger partial charge in [-0.1, -0.05) is 0 Å². The van der Waals surface area contributed by atoms with E-state index in [1.807, 2.05) is 60.7 Å². The maximum absolute atomic E-state index is 13.5. The molecule has 4 aromatic carbocycles. The number of hydrogen-bond acceptors (Lipinski definition) is 1. The Labute approximate surface area is 197 Å². The second-order valence-electron chi connectivity index (χ2n) is 7.12. The molecule has 0 aliphatic rings. The predicted molar refractivity (Wildman–Crippen MR) is 130 cm³/mol. The molecule has 0 aliphatic heterocycles. The van der Waals surface area contributed by atoms with Crippen LogP contribution < -0.4 is 18.0 Å². The second-order valence-corrected chi connectivity index (χ2v) is 11.6. The maximum atomic E-state index is 13.5. The molecular formula is C27H17F2NSe2. The van der Waals surface area contributed by atoms with E-state index >= 15 is 0 Å². The summed E-state index contributed by atoms with van der Waals surface area (Å²) in [5, 5.41) is 1.12. The summed E-state index contributed by atoms with van der Waals surface area (Å²) in [5.74, 6) is -0.465. The molecule has 0 atom stereocenters. The molecule has 5 heteroatoms. The van der Waals surface area contributed by atoms with Crippen LogP contribution in [0.3, 0.4) is 0 Å². The third-order valence-corrected chi connectivity index (χ3v) is 9.41. The zero-order valence-corrected chi connectivity index (χ0v) is 20.3. The molecule has 5 aromatic rings. The van der Waals surface area contributed by atoms with E-state index in [-0.39, 0.29) is 41.5 Å². The predicted octanol–water partition coefficient (Wildman–Crippen LogP) is 3.49. The van der Waals surface area contributed by atoms with E-state index in [0.717, 1.165) is 35.5 Å². The van der Waals surface area contributed by atoms with E-state index in [1.54, 1.807) is 0 Å². The normalized spacial score (nSPS) is 11.1. The van der Waals surface area contributed by atoms with Crippen molar-refractivity contribution in [3.05, 3.63) is 115 Å². The topological polar surface area (TPSA) is 12.9 Å². The molecule has 0 amide bonds. The minimum absolute atomic E-state index is 0.0466. The molecule has 0 N–H and O–H groups in total. The molecule has 5 rings (SSSR count). The van der Waals surface area contributed by atoms with Crippen molar-refractivity contribution in [3.63, 3.8) is 0 Å². The zero-order valence-electron chi connectivity index (χ0n) is 16.8. The number of benzene rings is 4. The first-order valence-electron chi connectivity index (χ1n) is 10.0. The van der Waals surface area contributed by atoms with E-state index < -0.39 is 0 Å². The monoisotopic (exact) mass is 553 g/mol. The van der Waals surface area contributed by atoms with Crippen LogP contribution in [0.4, 0.5) is 8.78 Å². The summed E-state index contributed by atoms with van der Waals surface area (Å²) in [6.45, 7) is 0. The number of halogens is 2. The minimum atomic E-state index is -0.236. The van der Waals surface area contributed by atoms with Gasteiger partial charge in [0, 0.05) is 0 Å². The number of hydrogen-bond donors (Lipinski definition) is 0. The molecule has 32 heavy (non-hydrogen) atoms. The first kappa shape index (κ1) is 21.1. The summed E-state index contributed by atoms with van der Waals surface area (Å²) in [6, 6.07) is 31.9. The molecule has 0 unspecified atom stereocenters. The SMILES string of the molecule is Fc1ccc([Se]c2nc3ccccc3c([Se]c3ccc(F)cc3)c2-c2ccccc2)cc1. The number of fused-ring (bicyclic) bond motifs is 1.